The Bertz CT molecular complexity index is 1680. The Morgan fingerprint density at radius 2 is 1.33 bits per heavy atom. The van der Waals surface area contributed by atoms with E-state index in [2.05, 4.69) is 5.32 Å². The van der Waals surface area contributed by atoms with Crippen LogP contribution < -0.4 is 9.62 Å². The van der Waals surface area contributed by atoms with Gasteiger partial charge in [-0.05, 0) is 54.8 Å². The first kappa shape index (κ1) is 32.5. The molecule has 0 spiro atoms. The van der Waals surface area contributed by atoms with Gasteiger partial charge >= 0.3 is 0 Å². The molecule has 5 rings (SSSR count). The molecule has 4 aromatic carbocycles. The molecule has 45 heavy (non-hydrogen) atoms. The van der Waals surface area contributed by atoms with Crippen LogP contribution in [0.2, 0.25) is 10.0 Å². The summed E-state index contributed by atoms with van der Waals surface area (Å²) in [5.41, 5.74) is 1.64. The van der Waals surface area contributed by atoms with Crippen molar-refractivity contribution in [3.05, 3.63) is 130 Å². The van der Waals surface area contributed by atoms with Crippen LogP contribution in [0.3, 0.4) is 0 Å². The van der Waals surface area contributed by atoms with Crippen LogP contribution in [0.15, 0.2) is 114 Å². The highest BCUT2D eigenvalue weighted by Gasteiger charge is 2.36. The van der Waals surface area contributed by atoms with Crippen LogP contribution in [-0.4, -0.2) is 43.8 Å². The minimum absolute atomic E-state index is 0.0101. The summed E-state index contributed by atoms with van der Waals surface area (Å²) in [7, 11) is -4.16. The molecule has 1 aliphatic rings. The number of sulfonamides is 1. The smallest absolute Gasteiger partial charge is 0.264 e. The first-order chi connectivity index (χ1) is 21.7. The van der Waals surface area contributed by atoms with Gasteiger partial charge in [0.25, 0.3) is 10.0 Å². The molecule has 0 heterocycles. The quantitative estimate of drug-likeness (QED) is 0.179. The van der Waals surface area contributed by atoms with Crippen molar-refractivity contribution < 1.29 is 18.0 Å². The average Bonchev–Trinajstić information content (AvgIpc) is 3.57. The second kappa shape index (κ2) is 15.0. The lowest BCUT2D eigenvalue weighted by Crippen LogP contribution is -2.54. The summed E-state index contributed by atoms with van der Waals surface area (Å²) >= 11 is 13.2. The monoisotopic (exact) mass is 663 g/mol. The molecule has 0 bridgehead atoms. The highest BCUT2D eigenvalue weighted by atomic mass is 35.5. The fourth-order valence-corrected chi connectivity index (χ4v) is 7.57. The zero-order chi connectivity index (χ0) is 31.8. The lowest BCUT2D eigenvalue weighted by Gasteiger charge is -2.34. The summed E-state index contributed by atoms with van der Waals surface area (Å²) in [5.74, 6) is -0.878. The zero-order valence-corrected chi connectivity index (χ0v) is 27.0. The number of nitrogens with zero attached hydrogens (tertiary/aromatic N) is 2. The lowest BCUT2D eigenvalue weighted by molar-refractivity contribution is -0.140. The lowest BCUT2D eigenvalue weighted by atomic mass is 10.0. The van der Waals surface area contributed by atoms with E-state index in [4.69, 9.17) is 23.2 Å². The number of nitrogens with one attached hydrogen (secondary N) is 1. The Hall–Kier alpha value is -3.85. The van der Waals surface area contributed by atoms with E-state index in [1.54, 1.807) is 66.7 Å². The Kier molecular flexibility index (Phi) is 10.8. The van der Waals surface area contributed by atoms with Gasteiger partial charge in [0.2, 0.25) is 11.8 Å². The molecule has 1 fully saturated rings. The van der Waals surface area contributed by atoms with Gasteiger partial charge in [0.1, 0.15) is 12.6 Å². The van der Waals surface area contributed by atoms with E-state index in [1.165, 1.54) is 17.0 Å². The van der Waals surface area contributed by atoms with Gasteiger partial charge in [-0.2, -0.15) is 0 Å². The Labute approximate surface area is 274 Å². The molecule has 0 saturated heterocycles. The van der Waals surface area contributed by atoms with E-state index in [-0.39, 0.29) is 29.8 Å². The first-order valence-corrected chi connectivity index (χ1v) is 17.1. The largest absolute Gasteiger partial charge is 0.352 e. The second-order valence-electron chi connectivity index (χ2n) is 11.1. The number of anilines is 1. The molecule has 0 aliphatic heterocycles. The Morgan fingerprint density at radius 3 is 1.93 bits per heavy atom. The Morgan fingerprint density at radius 1 is 0.778 bits per heavy atom. The van der Waals surface area contributed by atoms with Gasteiger partial charge in [0, 0.05) is 34.6 Å². The van der Waals surface area contributed by atoms with E-state index in [1.807, 2.05) is 30.3 Å². The summed E-state index contributed by atoms with van der Waals surface area (Å²) in [5, 5.41) is 3.84. The number of benzene rings is 4. The standard InChI is InChI=1S/C35H35Cl2N3O4S/c36-31-21-12-22-32(37)30(31)24-39(33(23-26-13-4-1-5-14-26)35(42)38-27-15-10-11-16-27)34(41)25-40(28-17-6-2-7-18-28)45(43,44)29-19-8-3-9-20-29/h1-9,12-14,17-22,27,33H,10-11,15-16,23-25H2,(H,38,42). The van der Waals surface area contributed by atoms with Crippen molar-refractivity contribution in [2.24, 2.45) is 0 Å². The molecule has 0 radical (unpaired) electrons. The average molecular weight is 665 g/mol. The normalized spacial score (nSPS) is 14.1. The molecular formula is C35H35Cl2N3O4S. The van der Waals surface area contributed by atoms with Gasteiger partial charge in [-0.25, -0.2) is 8.42 Å². The van der Waals surface area contributed by atoms with E-state index in [0.29, 0.717) is 21.3 Å². The van der Waals surface area contributed by atoms with Crippen LogP contribution >= 0.6 is 23.2 Å². The minimum Gasteiger partial charge on any atom is -0.352 e. The maximum absolute atomic E-state index is 14.6. The van der Waals surface area contributed by atoms with Gasteiger partial charge in [-0.15, -0.1) is 0 Å². The van der Waals surface area contributed by atoms with Crippen LogP contribution in [0.5, 0.6) is 0 Å². The van der Waals surface area contributed by atoms with Gasteiger partial charge in [0.15, 0.2) is 0 Å². The molecule has 1 aliphatic carbocycles. The molecule has 1 N–H and O–H groups in total. The third-order valence-electron chi connectivity index (χ3n) is 8.02. The molecular weight excluding hydrogens is 629 g/mol. The number of hydrogen-bond donors (Lipinski definition) is 1. The fraction of sp³-hybridized carbons (Fsp3) is 0.257. The molecule has 1 unspecified atom stereocenters. The van der Waals surface area contributed by atoms with E-state index < -0.39 is 28.5 Å². The molecule has 4 aromatic rings. The number of halogens is 2. The predicted molar refractivity (Wildman–Crippen MR) is 179 cm³/mol. The van der Waals surface area contributed by atoms with Crippen molar-refractivity contribution in [2.75, 3.05) is 10.8 Å². The van der Waals surface area contributed by atoms with E-state index >= 15 is 0 Å². The van der Waals surface area contributed by atoms with Gasteiger partial charge < -0.3 is 10.2 Å². The molecule has 10 heteroatoms. The number of carbonyl (C=O) groups is 2. The van der Waals surface area contributed by atoms with Crippen LogP contribution in [0.25, 0.3) is 0 Å². The maximum Gasteiger partial charge on any atom is 0.264 e. The van der Waals surface area contributed by atoms with Gasteiger partial charge in [0.05, 0.1) is 10.6 Å². The first-order valence-electron chi connectivity index (χ1n) is 14.9. The molecule has 2 amide bonds. The summed E-state index contributed by atoms with van der Waals surface area (Å²) in [6, 6.07) is 30.0. The molecule has 1 atom stereocenters. The number of amides is 2. The predicted octanol–water partition coefficient (Wildman–Crippen LogP) is 6.89. The second-order valence-corrected chi connectivity index (χ2v) is 13.8. The summed E-state index contributed by atoms with van der Waals surface area (Å²) in [6.07, 6.45) is 3.99. The van der Waals surface area contributed by atoms with Crippen molar-refractivity contribution in [1.29, 1.82) is 0 Å². The third-order valence-corrected chi connectivity index (χ3v) is 10.5. The summed E-state index contributed by atoms with van der Waals surface area (Å²) in [4.78, 5) is 30.1. The van der Waals surface area contributed by atoms with Crippen LogP contribution in [0.1, 0.15) is 36.8 Å². The molecule has 0 aromatic heterocycles. The SMILES string of the molecule is O=C(NC1CCCC1)C(Cc1ccccc1)N(Cc1c(Cl)cccc1Cl)C(=O)CN(c1ccccc1)S(=O)(=O)c1ccccc1. The van der Waals surface area contributed by atoms with Crippen molar-refractivity contribution in [3.63, 3.8) is 0 Å². The van der Waals surface area contributed by atoms with E-state index in [9.17, 15) is 18.0 Å². The number of carbonyl (C=O) groups excluding carboxylic acids is 2. The van der Waals surface area contributed by atoms with Crippen molar-refractivity contribution in [3.8, 4) is 0 Å². The summed E-state index contributed by atoms with van der Waals surface area (Å²) in [6.45, 7) is -0.647. The highest BCUT2D eigenvalue weighted by molar-refractivity contribution is 7.92. The molecule has 234 valence electrons. The van der Waals surface area contributed by atoms with Gasteiger partial charge in [-0.1, -0.05) is 109 Å². The maximum atomic E-state index is 14.6. The number of hydrogen-bond acceptors (Lipinski definition) is 4. The van der Waals surface area contributed by atoms with Crippen molar-refractivity contribution >= 4 is 50.7 Å². The number of rotatable bonds is 12. The number of para-hydroxylation sites is 1. The minimum atomic E-state index is -4.16. The van der Waals surface area contributed by atoms with Crippen LogP contribution in [-0.2, 0) is 32.6 Å². The van der Waals surface area contributed by atoms with Crippen molar-refractivity contribution in [2.45, 2.75) is 55.6 Å². The zero-order valence-electron chi connectivity index (χ0n) is 24.7. The molecule has 7 nitrogen and oxygen atoms in total. The topological polar surface area (TPSA) is 86.8 Å². The van der Waals surface area contributed by atoms with E-state index in [0.717, 1.165) is 35.6 Å². The van der Waals surface area contributed by atoms with Crippen LogP contribution in [0, 0.1) is 0 Å². The van der Waals surface area contributed by atoms with Gasteiger partial charge in [-0.3, -0.25) is 13.9 Å². The molecule has 1 saturated carbocycles. The third kappa shape index (κ3) is 8.06. The van der Waals surface area contributed by atoms with Crippen molar-refractivity contribution in [1.82, 2.24) is 10.2 Å². The summed E-state index contributed by atoms with van der Waals surface area (Å²) < 4.78 is 29.1. The highest BCUT2D eigenvalue weighted by Crippen LogP contribution is 2.29. The fourth-order valence-electron chi connectivity index (χ4n) is 5.62. The Balaban J connectivity index is 1.58. The van der Waals surface area contributed by atoms with Crippen LogP contribution in [0.4, 0.5) is 5.69 Å².